The van der Waals surface area contributed by atoms with E-state index in [0.717, 1.165) is 26.4 Å². The van der Waals surface area contributed by atoms with Gasteiger partial charge in [0.1, 0.15) is 10.9 Å². The molecule has 0 atom stereocenters. The van der Waals surface area contributed by atoms with Crippen LogP contribution in [0.15, 0.2) is 63.4 Å². The van der Waals surface area contributed by atoms with E-state index in [1.165, 1.54) is 23.1 Å². The number of hydrogen-bond acceptors (Lipinski definition) is 6. The highest BCUT2D eigenvalue weighted by Crippen LogP contribution is 2.35. The number of fused-ring (bicyclic) bond motifs is 2. The minimum Gasteiger partial charge on any atom is -0.322 e. The van der Waals surface area contributed by atoms with Crippen LogP contribution in [0, 0.1) is 11.3 Å². The van der Waals surface area contributed by atoms with Gasteiger partial charge in [-0.1, -0.05) is 23.9 Å². The molecule has 5 nitrogen and oxygen atoms in total. The molecule has 0 aliphatic carbocycles. The number of rotatable bonds is 5. The van der Waals surface area contributed by atoms with Gasteiger partial charge in [0.2, 0.25) is 0 Å². The second kappa shape index (κ2) is 7.76. The summed E-state index contributed by atoms with van der Waals surface area (Å²) in [5.41, 5.74) is 3.47. The highest BCUT2D eigenvalue weighted by atomic mass is 32.2. The Labute approximate surface area is 184 Å². The van der Waals surface area contributed by atoms with E-state index in [4.69, 9.17) is 4.98 Å². The second-order valence-electron chi connectivity index (χ2n) is 6.67. The Morgan fingerprint density at radius 3 is 2.90 bits per heavy atom. The van der Waals surface area contributed by atoms with Crippen molar-refractivity contribution >= 4 is 50.2 Å². The van der Waals surface area contributed by atoms with Gasteiger partial charge in [-0.25, -0.2) is 4.98 Å². The average molecular weight is 449 g/mol. The normalized spacial score (nSPS) is 11.3. The quantitative estimate of drug-likeness (QED) is 0.258. The van der Waals surface area contributed by atoms with Crippen molar-refractivity contribution in [1.82, 2.24) is 14.0 Å². The van der Waals surface area contributed by atoms with E-state index in [0.29, 0.717) is 28.4 Å². The summed E-state index contributed by atoms with van der Waals surface area (Å²) in [6.07, 6.45) is 3.92. The summed E-state index contributed by atoms with van der Waals surface area (Å²) < 4.78 is 3.70. The van der Waals surface area contributed by atoms with Crippen LogP contribution in [0.25, 0.3) is 26.2 Å². The summed E-state index contributed by atoms with van der Waals surface area (Å²) in [6, 6.07) is 12.2. The van der Waals surface area contributed by atoms with Crippen LogP contribution in [0.2, 0.25) is 0 Å². The number of aromatic nitrogens is 3. The Kier molecular flexibility index (Phi) is 4.95. The van der Waals surface area contributed by atoms with Gasteiger partial charge in [-0.2, -0.15) is 5.26 Å². The third-order valence-corrected chi connectivity index (χ3v) is 7.79. The molecule has 5 rings (SSSR count). The molecule has 0 aliphatic rings. The van der Waals surface area contributed by atoms with Gasteiger partial charge in [-0.3, -0.25) is 9.36 Å². The summed E-state index contributed by atoms with van der Waals surface area (Å²) in [5, 5.41) is 15.1. The molecule has 8 heteroatoms. The Morgan fingerprint density at radius 2 is 2.13 bits per heavy atom. The highest BCUT2D eigenvalue weighted by molar-refractivity contribution is 7.98. The fourth-order valence-electron chi connectivity index (χ4n) is 3.57. The molecule has 0 spiro atoms. The molecule has 0 radical (unpaired) electrons. The molecule has 30 heavy (non-hydrogen) atoms. The predicted octanol–water partition coefficient (Wildman–Crippen LogP) is 5.62. The molecule has 0 unspecified atom stereocenters. The molecule has 0 fully saturated rings. The fraction of sp³-hybridized carbons (Fsp3) is 0.136. The lowest BCUT2D eigenvalue weighted by Crippen LogP contribution is -2.22. The maximum absolute atomic E-state index is 13.3. The minimum absolute atomic E-state index is 0.00259. The molecular weight excluding hydrogens is 432 g/mol. The maximum atomic E-state index is 13.3. The number of nitriles is 1. The zero-order valence-corrected chi connectivity index (χ0v) is 18.5. The zero-order valence-electron chi connectivity index (χ0n) is 16.0. The first kappa shape index (κ1) is 19.1. The molecular formula is C22H16N4OS3. The van der Waals surface area contributed by atoms with Gasteiger partial charge < -0.3 is 4.40 Å². The summed E-state index contributed by atoms with van der Waals surface area (Å²) in [7, 11) is 0. The standard InChI is InChI=1S/C22H16N4OS3/c1-2-26-21(27)19-16(18-7-5-9-28-18)13-29-20(19)24-22(26)30-12-14-11-25-8-4-3-6-17(25)15(14)10-23/h3-9,11,13H,2,12H2,1H3. The van der Waals surface area contributed by atoms with Crippen molar-refractivity contribution in [2.75, 3.05) is 0 Å². The van der Waals surface area contributed by atoms with Gasteiger partial charge in [-0.05, 0) is 36.1 Å². The van der Waals surface area contributed by atoms with Crippen molar-refractivity contribution in [3.63, 3.8) is 0 Å². The SMILES string of the molecule is CCn1c(SCc2cn3ccccc3c2C#N)nc2scc(-c3cccs3)c2c1=O. The van der Waals surface area contributed by atoms with Crippen LogP contribution in [-0.4, -0.2) is 14.0 Å². The van der Waals surface area contributed by atoms with Crippen molar-refractivity contribution in [2.45, 2.75) is 24.4 Å². The molecule has 5 aromatic heterocycles. The van der Waals surface area contributed by atoms with Gasteiger partial charge in [0, 0.05) is 40.5 Å². The van der Waals surface area contributed by atoms with Crippen LogP contribution in [0.1, 0.15) is 18.1 Å². The van der Waals surface area contributed by atoms with E-state index in [-0.39, 0.29) is 5.56 Å². The molecule has 0 saturated heterocycles. The summed E-state index contributed by atoms with van der Waals surface area (Å²) in [5.74, 6) is 0.575. The van der Waals surface area contributed by atoms with E-state index in [2.05, 4.69) is 6.07 Å². The molecule has 0 N–H and O–H groups in total. The van der Waals surface area contributed by atoms with E-state index in [9.17, 15) is 10.1 Å². The number of thiophene rings is 2. The lowest BCUT2D eigenvalue weighted by atomic mass is 10.2. The van der Waals surface area contributed by atoms with E-state index >= 15 is 0 Å². The van der Waals surface area contributed by atoms with Crippen molar-refractivity contribution < 1.29 is 0 Å². The number of thioether (sulfide) groups is 1. The lowest BCUT2D eigenvalue weighted by molar-refractivity contribution is 0.635. The first-order chi connectivity index (χ1) is 14.7. The monoisotopic (exact) mass is 448 g/mol. The Morgan fingerprint density at radius 1 is 1.23 bits per heavy atom. The van der Waals surface area contributed by atoms with Crippen molar-refractivity contribution in [1.29, 1.82) is 5.26 Å². The van der Waals surface area contributed by atoms with Crippen molar-refractivity contribution in [2.24, 2.45) is 0 Å². The summed E-state index contributed by atoms with van der Waals surface area (Å²) in [6.45, 7) is 2.51. The van der Waals surface area contributed by atoms with Crippen molar-refractivity contribution in [3.8, 4) is 16.5 Å². The predicted molar refractivity (Wildman–Crippen MR) is 125 cm³/mol. The average Bonchev–Trinajstić information content (AvgIpc) is 3.49. The number of pyridine rings is 1. The largest absolute Gasteiger partial charge is 0.322 e. The molecule has 148 valence electrons. The van der Waals surface area contributed by atoms with Gasteiger partial charge >= 0.3 is 0 Å². The summed E-state index contributed by atoms with van der Waals surface area (Å²) >= 11 is 4.64. The van der Waals surface area contributed by atoms with Gasteiger partial charge in [0.25, 0.3) is 5.56 Å². The molecule has 5 heterocycles. The van der Waals surface area contributed by atoms with Crippen LogP contribution < -0.4 is 5.56 Å². The van der Waals surface area contributed by atoms with Crippen LogP contribution in [0.4, 0.5) is 0 Å². The van der Waals surface area contributed by atoms with Crippen LogP contribution in [-0.2, 0) is 12.3 Å². The Balaban J connectivity index is 1.56. The number of nitrogens with zero attached hydrogens (tertiary/aromatic N) is 4. The third-order valence-electron chi connectivity index (χ3n) is 4.99. The molecule has 0 aliphatic heterocycles. The Hall–Kier alpha value is -2.86. The molecule has 0 amide bonds. The number of hydrogen-bond donors (Lipinski definition) is 0. The molecule has 0 aromatic carbocycles. The fourth-order valence-corrected chi connectivity index (χ4v) is 6.40. The van der Waals surface area contributed by atoms with Crippen LogP contribution in [0.5, 0.6) is 0 Å². The second-order valence-corrected chi connectivity index (χ2v) is 9.42. The molecule has 0 bridgehead atoms. The zero-order chi connectivity index (χ0) is 20.7. The van der Waals surface area contributed by atoms with Gasteiger partial charge in [0.15, 0.2) is 5.16 Å². The molecule has 0 saturated carbocycles. The van der Waals surface area contributed by atoms with Gasteiger partial charge in [-0.15, -0.1) is 22.7 Å². The lowest BCUT2D eigenvalue weighted by Gasteiger charge is -2.10. The minimum atomic E-state index is -0.00259. The first-order valence-electron chi connectivity index (χ1n) is 9.38. The van der Waals surface area contributed by atoms with Crippen molar-refractivity contribution in [3.05, 3.63) is 75.0 Å². The Bertz CT molecular complexity index is 1470. The third kappa shape index (κ3) is 3.06. The van der Waals surface area contributed by atoms with E-state index < -0.39 is 0 Å². The van der Waals surface area contributed by atoms with Crippen LogP contribution >= 0.6 is 34.4 Å². The maximum Gasteiger partial charge on any atom is 0.263 e. The first-order valence-corrected chi connectivity index (χ1v) is 12.1. The molecule has 5 aromatic rings. The highest BCUT2D eigenvalue weighted by Gasteiger charge is 2.18. The topological polar surface area (TPSA) is 63.1 Å². The summed E-state index contributed by atoms with van der Waals surface area (Å²) in [4.78, 5) is 20.0. The smallest absolute Gasteiger partial charge is 0.263 e. The van der Waals surface area contributed by atoms with Gasteiger partial charge in [0.05, 0.1) is 16.5 Å². The van der Waals surface area contributed by atoms with E-state index in [1.54, 1.807) is 15.9 Å². The van der Waals surface area contributed by atoms with E-state index in [1.807, 2.05) is 64.8 Å². The van der Waals surface area contributed by atoms with Crippen LogP contribution in [0.3, 0.4) is 0 Å².